The lowest BCUT2D eigenvalue weighted by Crippen LogP contribution is -2.22. The molecule has 1 aliphatic rings. The van der Waals surface area contributed by atoms with E-state index in [1.807, 2.05) is 12.1 Å². The van der Waals surface area contributed by atoms with Gasteiger partial charge in [0.1, 0.15) is 11.5 Å². The van der Waals surface area contributed by atoms with Crippen LogP contribution in [-0.2, 0) is 9.59 Å². The van der Waals surface area contributed by atoms with Gasteiger partial charge >= 0.3 is 11.9 Å². The SMILES string of the molecule is CC(=O)Oc1ccc(Sc2cccc3c2C(=O)c2cccc(Sc4ccc(OC(C)=O)cc4)c2C3=O)cc1. The van der Waals surface area contributed by atoms with Gasteiger partial charge < -0.3 is 9.47 Å². The molecule has 38 heavy (non-hydrogen) atoms. The Hall–Kier alpha value is -4.14. The first-order valence-corrected chi connectivity index (χ1v) is 13.2. The molecular formula is C30H20O6S2. The minimum absolute atomic E-state index is 0.207. The van der Waals surface area contributed by atoms with Crippen molar-refractivity contribution in [2.75, 3.05) is 0 Å². The minimum Gasteiger partial charge on any atom is -0.427 e. The lowest BCUT2D eigenvalue weighted by atomic mass is 9.84. The second-order valence-corrected chi connectivity index (χ2v) is 10.6. The van der Waals surface area contributed by atoms with E-state index in [0.29, 0.717) is 43.5 Å². The van der Waals surface area contributed by atoms with Crippen molar-refractivity contribution in [3.63, 3.8) is 0 Å². The fourth-order valence-electron chi connectivity index (χ4n) is 4.09. The second kappa shape index (κ2) is 10.7. The summed E-state index contributed by atoms with van der Waals surface area (Å²) in [6.45, 7) is 2.68. The summed E-state index contributed by atoms with van der Waals surface area (Å²) in [7, 11) is 0. The third-order valence-corrected chi connectivity index (χ3v) is 7.76. The predicted molar refractivity (Wildman–Crippen MR) is 143 cm³/mol. The summed E-state index contributed by atoms with van der Waals surface area (Å²) in [5.41, 5.74) is 1.49. The van der Waals surface area contributed by atoms with Crippen LogP contribution in [0.15, 0.2) is 105 Å². The molecule has 5 rings (SSSR count). The standard InChI is InChI=1S/C30H20O6S2/c1-17(31)35-19-9-13-21(14-10-19)37-25-7-3-5-23-27(25)29(33)24-6-4-8-26(28(24)30(23)34)38-22-15-11-20(12-16-22)36-18(2)32/h3-16H,1-2H3. The maximum absolute atomic E-state index is 13.7. The number of ketones is 2. The van der Waals surface area contributed by atoms with Gasteiger partial charge in [-0.3, -0.25) is 19.2 Å². The molecule has 188 valence electrons. The quantitative estimate of drug-likeness (QED) is 0.176. The van der Waals surface area contributed by atoms with E-state index in [0.717, 1.165) is 9.79 Å². The first-order chi connectivity index (χ1) is 18.3. The zero-order valence-corrected chi connectivity index (χ0v) is 22.0. The first kappa shape index (κ1) is 25.5. The number of carbonyl (C=O) groups excluding carboxylic acids is 4. The smallest absolute Gasteiger partial charge is 0.308 e. The summed E-state index contributed by atoms with van der Waals surface area (Å²) < 4.78 is 10.2. The Morgan fingerprint density at radius 2 is 0.921 bits per heavy atom. The molecule has 0 unspecified atom stereocenters. The van der Waals surface area contributed by atoms with Crippen molar-refractivity contribution >= 4 is 47.0 Å². The van der Waals surface area contributed by atoms with Crippen molar-refractivity contribution in [3.05, 3.63) is 107 Å². The van der Waals surface area contributed by atoms with Crippen LogP contribution in [0.5, 0.6) is 11.5 Å². The highest BCUT2D eigenvalue weighted by Gasteiger charge is 2.33. The molecule has 0 aliphatic heterocycles. The summed E-state index contributed by atoms with van der Waals surface area (Å²) in [6.07, 6.45) is 0. The average molecular weight is 541 g/mol. The molecule has 0 fully saturated rings. The second-order valence-electron chi connectivity index (χ2n) is 8.35. The van der Waals surface area contributed by atoms with E-state index >= 15 is 0 Å². The Morgan fingerprint density at radius 1 is 0.553 bits per heavy atom. The van der Waals surface area contributed by atoms with Gasteiger partial charge in [-0.25, -0.2) is 0 Å². The van der Waals surface area contributed by atoms with Gasteiger partial charge in [-0.05, 0) is 60.7 Å². The molecule has 4 aromatic carbocycles. The van der Waals surface area contributed by atoms with Gasteiger partial charge in [-0.1, -0.05) is 47.8 Å². The van der Waals surface area contributed by atoms with Gasteiger partial charge in [0.05, 0.1) is 0 Å². The summed E-state index contributed by atoms with van der Waals surface area (Å²) >= 11 is 2.74. The molecule has 0 bridgehead atoms. The van der Waals surface area contributed by atoms with Crippen LogP contribution < -0.4 is 9.47 Å². The van der Waals surface area contributed by atoms with E-state index in [-0.39, 0.29) is 11.6 Å². The van der Waals surface area contributed by atoms with Gasteiger partial charge in [0.2, 0.25) is 0 Å². The third-order valence-electron chi connectivity index (χ3n) is 5.62. The lowest BCUT2D eigenvalue weighted by Gasteiger charge is -2.22. The highest BCUT2D eigenvalue weighted by atomic mass is 32.2. The zero-order chi connectivity index (χ0) is 26.8. The molecule has 0 aromatic heterocycles. The first-order valence-electron chi connectivity index (χ1n) is 11.6. The lowest BCUT2D eigenvalue weighted by molar-refractivity contribution is -0.132. The van der Waals surface area contributed by atoms with Crippen LogP contribution in [0.4, 0.5) is 0 Å². The molecule has 0 spiro atoms. The van der Waals surface area contributed by atoms with Gasteiger partial charge in [0, 0.05) is 55.7 Å². The van der Waals surface area contributed by atoms with E-state index < -0.39 is 11.9 Å². The molecule has 0 radical (unpaired) electrons. The average Bonchev–Trinajstić information content (AvgIpc) is 2.89. The van der Waals surface area contributed by atoms with Crippen LogP contribution in [0.2, 0.25) is 0 Å². The van der Waals surface area contributed by atoms with Crippen molar-refractivity contribution in [2.45, 2.75) is 33.4 Å². The highest BCUT2D eigenvalue weighted by Crippen LogP contribution is 2.41. The van der Waals surface area contributed by atoms with Crippen LogP contribution in [0.25, 0.3) is 0 Å². The van der Waals surface area contributed by atoms with Crippen LogP contribution in [0.1, 0.15) is 45.7 Å². The number of fused-ring (bicyclic) bond motifs is 2. The molecule has 8 heteroatoms. The topological polar surface area (TPSA) is 86.7 Å². The third kappa shape index (κ3) is 5.27. The Balaban J connectivity index is 1.45. The van der Waals surface area contributed by atoms with Crippen molar-refractivity contribution in [3.8, 4) is 11.5 Å². The number of ether oxygens (including phenoxy) is 2. The van der Waals surface area contributed by atoms with Gasteiger partial charge in [0.15, 0.2) is 11.6 Å². The molecule has 0 heterocycles. The fraction of sp³-hybridized carbons (Fsp3) is 0.0667. The van der Waals surface area contributed by atoms with E-state index in [1.54, 1.807) is 72.8 Å². The molecule has 0 saturated carbocycles. The number of esters is 2. The summed E-state index contributed by atoms with van der Waals surface area (Å²) in [4.78, 5) is 52.8. The number of carbonyl (C=O) groups is 4. The summed E-state index contributed by atoms with van der Waals surface area (Å²) in [5, 5.41) is 0. The van der Waals surface area contributed by atoms with Crippen molar-refractivity contribution < 1.29 is 28.7 Å². The maximum atomic E-state index is 13.7. The van der Waals surface area contributed by atoms with Crippen LogP contribution in [-0.4, -0.2) is 23.5 Å². The Kier molecular flexibility index (Phi) is 7.18. The largest absolute Gasteiger partial charge is 0.427 e. The molecule has 6 nitrogen and oxygen atoms in total. The van der Waals surface area contributed by atoms with Crippen molar-refractivity contribution in [2.24, 2.45) is 0 Å². The van der Waals surface area contributed by atoms with E-state index in [1.165, 1.54) is 37.4 Å². The Bertz CT molecular complexity index is 1470. The maximum Gasteiger partial charge on any atom is 0.308 e. The molecule has 1 aliphatic carbocycles. The Labute approximate surface area is 227 Å². The van der Waals surface area contributed by atoms with Crippen LogP contribution in [0, 0.1) is 0 Å². The van der Waals surface area contributed by atoms with Crippen LogP contribution in [0.3, 0.4) is 0 Å². The van der Waals surface area contributed by atoms with Gasteiger partial charge in [-0.2, -0.15) is 0 Å². The summed E-state index contributed by atoms with van der Waals surface area (Å²) in [5.74, 6) is -0.348. The number of rotatable bonds is 6. The highest BCUT2D eigenvalue weighted by molar-refractivity contribution is 7.99. The normalized spacial score (nSPS) is 11.9. The summed E-state index contributed by atoms with van der Waals surface area (Å²) in [6, 6.07) is 24.5. The molecule has 0 atom stereocenters. The molecular weight excluding hydrogens is 520 g/mol. The molecule has 0 saturated heterocycles. The molecule has 0 amide bonds. The number of hydrogen-bond donors (Lipinski definition) is 0. The number of hydrogen-bond acceptors (Lipinski definition) is 8. The number of benzene rings is 4. The van der Waals surface area contributed by atoms with Crippen molar-refractivity contribution in [1.82, 2.24) is 0 Å². The van der Waals surface area contributed by atoms with Crippen molar-refractivity contribution in [1.29, 1.82) is 0 Å². The van der Waals surface area contributed by atoms with Crippen LogP contribution >= 0.6 is 23.5 Å². The van der Waals surface area contributed by atoms with E-state index in [9.17, 15) is 19.2 Å². The zero-order valence-electron chi connectivity index (χ0n) is 20.3. The van der Waals surface area contributed by atoms with E-state index in [2.05, 4.69) is 0 Å². The minimum atomic E-state index is -0.401. The monoisotopic (exact) mass is 540 g/mol. The fourth-order valence-corrected chi connectivity index (χ4v) is 6.04. The van der Waals surface area contributed by atoms with Gasteiger partial charge in [-0.15, -0.1) is 0 Å². The predicted octanol–water partition coefficient (Wildman–Crippen LogP) is 6.62. The van der Waals surface area contributed by atoms with E-state index in [4.69, 9.17) is 9.47 Å². The van der Waals surface area contributed by atoms with Gasteiger partial charge in [0.25, 0.3) is 0 Å². The molecule has 0 N–H and O–H groups in total. The molecule has 4 aromatic rings. The Morgan fingerprint density at radius 3 is 1.26 bits per heavy atom.